The number of aromatic carboxylic acids is 1. The molecule has 2 rings (SSSR count). The van der Waals surface area contributed by atoms with Crippen molar-refractivity contribution in [2.75, 3.05) is 0 Å². The molecular formula is C11H8N2O5S. The summed E-state index contributed by atoms with van der Waals surface area (Å²) in [7, 11) is 0. The highest BCUT2D eigenvalue weighted by Crippen LogP contribution is 2.18. The lowest BCUT2D eigenvalue weighted by molar-refractivity contribution is -0.385. The van der Waals surface area contributed by atoms with Gasteiger partial charge in [-0.05, 0) is 17.0 Å². The molecule has 0 aromatic carbocycles. The SMILES string of the molecule is O=C(O)c1sccc1Cn1cc([N+](=O)[O-])ccc1=O. The van der Waals surface area contributed by atoms with Crippen molar-refractivity contribution in [3.8, 4) is 0 Å². The van der Waals surface area contributed by atoms with Crippen molar-refractivity contribution in [1.82, 2.24) is 4.57 Å². The first-order valence-electron chi connectivity index (χ1n) is 5.13. The maximum atomic E-state index is 11.6. The summed E-state index contributed by atoms with van der Waals surface area (Å²) in [5.74, 6) is -1.08. The molecule has 1 N–H and O–H groups in total. The van der Waals surface area contributed by atoms with Crippen LogP contribution in [0, 0.1) is 10.1 Å². The molecule has 0 radical (unpaired) electrons. The number of rotatable bonds is 4. The molecule has 7 nitrogen and oxygen atoms in total. The van der Waals surface area contributed by atoms with Gasteiger partial charge in [0.15, 0.2) is 0 Å². The molecule has 2 aromatic heterocycles. The van der Waals surface area contributed by atoms with Crippen LogP contribution in [0.25, 0.3) is 0 Å². The summed E-state index contributed by atoms with van der Waals surface area (Å²) in [6, 6.07) is 3.79. The normalized spacial score (nSPS) is 10.3. The van der Waals surface area contributed by atoms with Gasteiger partial charge in [0.25, 0.3) is 11.2 Å². The average Bonchev–Trinajstić information content (AvgIpc) is 2.80. The first-order chi connectivity index (χ1) is 8.99. The molecule has 0 amide bonds. The maximum Gasteiger partial charge on any atom is 0.346 e. The minimum Gasteiger partial charge on any atom is -0.477 e. The highest BCUT2D eigenvalue weighted by Gasteiger charge is 2.14. The van der Waals surface area contributed by atoms with Crippen molar-refractivity contribution in [2.45, 2.75) is 6.54 Å². The van der Waals surface area contributed by atoms with Crippen molar-refractivity contribution in [1.29, 1.82) is 0 Å². The van der Waals surface area contributed by atoms with E-state index in [0.29, 0.717) is 5.56 Å². The standard InChI is InChI=1S/C11H8N2O5S/c14-9-2-1-8(13(17)18)6-12(9)5-7-3-4-19-10(7)11(15)16/h1-4,6H,5H2,(H,15,16). The van der Waals surface area contributed by atoms with Gasteiger partial charge in [0.05, 0.1) is 17.7 Å². The van der Waals surface area contributed by atoms with Crippen LogP contribution in [-0.4, -0.2) is 20.6 Å². The summed E-state index contributed by atoms with van der Waals surface area (Å²) in [6.45, 7) is -0.00829. The second-order valence-corrected chi connectivity index (χ2v) is 4.61. The lowest BCUT2D eigenvalue weighted by Crippen LogP contribution is -2.20. The van der Waals surface area contributed by atoms with Crippen LogP contribution in [0.4, 0.5) is 5.69 Å². The van der Waals surface area contributed by atoms with E-state index < -0.39 is 16.5 Å². The van der Waals surface area contributed by atoms with E-state index in [9.17, 15) is 19.7 Å². The van der Waals surface area contributed by atoms with E-state index in [4.69, 9.17) is 5.11 Å². The Balaban J connectivity index is 2.40. The van der Waals surface area contributed by atoms with Crippen LogP contribution < -0.4 is 5.56 Å². The fourth-order valence-electron chi connectivity index (χ4n) is 1.58. The van der Waals surface area contributed by atoms with Gasteiger partial charge in [-0.15, -0.1) is 11.3 Å². The third-order valence-corrected chi connectivity index (χ3v) is 3.41. The van der Waals surface area contributed by atoms with Crippen LogP contribution in [0.5, 0.6) is 0 Å². The van der Waals surface area contributed by atoms with Gasteiger partial charge in [-0.25, -0.2) is 4.79 Å². The monoisotopic (exact) mass is 280 g/mol. The average molecular weight is 280 g/mol. The fourth-order valence-corrected chi connectivity index (χ4v) is 2.33. The van der Waals surface area contributed by atoms with Crippen LogP contribution in [-0.2, 0) is 6.54 Å². The van der Waals surface area contributed by atoms with E-state index in [2.05, 4.69) is 0 Å². The molecule has 0 bridgehead atoms. The molecule has 0 saturated carbocycles. The Hall–Kier alpha value is -2.48. The second kappa shape index (κ2) is 5.02. The molecule has 0 atom stereocenters. The third kappa shape index (κ3) is 2.68. The van der Waals surface area contributed by atoms with Gasteiger partial charge in [-0.3, -0.25) is 14.9 Å². The summed E-state index contributed by atoms with van der Waals surface area (Å²) >= 11 is 1.04. The lowest BCUT2D eigenvalue weighted by Gasteiger charge is -2.04. The Labute approximate surface area is 110 Å². The highest BCUT2D eigenvalue weighted by atomic mass is 32.1. The van der Waals surface area contributed by atoms with E-state index in [0.717, 1.165) is 34.2 Å². The van der Waals surface area contributed by atoms with Gasteiger partial charge in [0.1, 0.15) is 4.88 Å². The summed E-state index contributed by atoms with van der Waals surface area (Å²) < 4.78 is 1.12. The van der Waals surface area contributed by atoms with Gasteiger partial charge in [-0.2, -0.15) is 0 Å². The number of hydrogen-bond donors (Lipinski definition) is 1. The molecule has 19 heavy (non-hydrogen) atoms. The number of carboxylic acid groups (broad SMARTS) is 1. The largest absolute Gasteiger partial charge is 0.477 e. The first kappa shape index (κ1) is 13.0. The summed E-state index contributed by atoms with van der Waals surface area (Å²) in [5.41, 5.74) is -0.194. The molecule has 0 saturated heterocycles. The Morgan fingerprint density at radius 3 is 2.79 bits per heavy atom. The van der Waals surface area contributed by atoms with Gasteiger partial charge in [-0.1, -0.05) is 0 Å². The first-order valence-corrected chi connectivity index (χ1v) is 6.01. The van der Waals surface area contributed by atoms with Crippen molar-refractivity contribution in [2.24, 2.45) is 0 Å². The zero-order chi connectivity index (χ0) is 14.0. The Kier molecular flexibility index (Phi) is 3.43. The molecule has 8 heteroatoms. The van der Waals surface area contributed by atoms with E-state index >= 15 is 0 Å². The number of hydrogen-bond acceptors (Lipinski definition) is 5. The number of nitro groups is 1. The molecule has 98 valence electrons. The molecule has 0 aliphatic heterocycles. The Bertz CT molecular complexity index is 703. The number of aromatic nitrogens is 1. The smallest absolute Gasteiger partial charge is 0.346 e. The molecule has 0 spiro atoms. The van der Waals surface area contributed by atoms with Gasteiger partial charge >= 0.3 is 5.97 Å². The van der Waals surface area contributed by atoms with Crippen LogP contribution in [0.3, 0.4) is 0 Å². The molecule has 0 fully saturated rings. The van der Waals surface area contributed by atoms with E-state index in [-0.39, 0.29) is 17.1 Å². The quantitative estimate of drug-likeness (QED) is 0.676. The molecule has 0 unspecified atom stereocenters. The van der Waals surface area contributed by atoms with Crippen molar-refractivity contribution >= 4 is 23.0 Å². The van der Waals surface area contributed by atoms with Crippen LogP contribution in [0.15, 0.2) is 34.6 Å². The predicted octanol–water partition coefficient (Wildman–Crippen LogP) is 1.56. The number of thiophene rings is 1. The summed E-state index contributed by atoms with van der Waals surface area (Å²) in [5, 5.41) is 21.2. The third-order valence-electron chi connectivity index (χ3n) is 2.46. The van der Waals surface area contributed by atoms with Gasteiger partial charge in [0, 0.05) is 12.1 Å². The number of carboxylic acids is 1. The van der Waals surface area contributed by atoms with Gasteiger partial charge in [0.2, 0.25) is 0 Å². The zero-order valence-corrected chi connectivity index (χ0v) is 10.3. The lowest BCUT2D eigenvalue weighted by atomic mass is 10.2. The number of carbonyl (C=O) groups is 1. The second-order valence-electron chi connectivity index (χ2n) is 3.69. The van der Waals surface area contributed by atoms with Crippen LogP contribution in [0.1, 0.15) is 15.2 Å². The zero-order valence-electron chi connectivity index (χ0n) is 9.48. The highest BCUT2D eigenvalue weighted by molar-refractivity contribution is 7.12. The van der Waals surface area contributed by atoms with Gasteiger partial charge < -0.3 is 9.67 Å². The van der Waals surface area contributed by atoms with E-state index in [1.807, 2.05) is 0 Å². The molecule has 2 heterocycles. The van der Waals surface area contributed by atoms with E-state index in [1.54, 1.807) is 11.4 Å². The van der Waals surface area contributed by atoms with Crippen molar-refractivity contribution in [3.05, 3.63) is 60.7 Å². The topological polar surface area (TPSA) is 102 Å². The Morgan fingerprint density at radius 2 is 2.16 bits per heavy atom. The molecule has 2 aromatic rings. The van der Waals surface area contributed by atoms with Crippen LogP contribution >= 0.6 is 11.3 Å². The summed E-state index contributed by atoms with van der Waals surface area (Å²) in [6.07, 6.45) is 1.10. The minimum absolute atomic E-state index is 0.00829. The molecular weight excluding hydrogens is 272 g/mol. The molecule has 0 aliphatic rings. The maximum absolute atomic E-state index is 11.6. The van der Waals surface area contributed by atoms with Crippen LogP contribution in [0.2, 0.25) is 0 Å². The molecule has 0 aliphatic carbocycles. The van der Waals surface area contributed by atoms with Crippen molar-refractivity contribution < 1.29 is 14.8 Å². The van der Waals surface area contributed by atoms with Crippen molar-refractivity contribution in [3.63, 3.8) is 0 Å². The Morgan fingerprint density at radius 1 is 1.42 bits per heavy atom. The summed E-state index contributed by atoms with van der Waals surface area (Å²) in [4.78, 5) is 32.7. The number of nitrogens with zero attached hydrogens (tertiary/aromatic N) is 2. The predicted molar refractivity (Wildman–Crippen MR) is 67.7 cm³/mol. The van der Waals surface area contributed by atoms with E-state index in [1.165, 1.54) is 0 Å². The fraction of sp³-hybridized carbons (Fsp3) is 0.0909. The minimum atomic E-state index is -1.08. The number of pyridine rings is 1.